The zero-order chi connectivity index (χ0) is 22.7. The fourth-order valence-electron chi connectivity index (χ4n) is 4.71. The van der Waals surface area contributed by atoms with E-state index in [2.05, 4.69) is 22.3 Å². The number of carbonyl (C=O) groups is 2. The van der Waals surface area contributed by atoms with E-state index in [0.29, 0.717) is 25.3 Å². The van der Waals surface area contributed by atoms with E-state index in [0.717, 1.165) is 6.42 Å². The lowest BCUT2D eigenvalue weighted by molar-refractivity contribution is -0.139. The molecule has 1 saturated carbocycles. The van der Waals surface area contributed by atoms with Gasteiger partial charge in [0.05, 0.1) is 18.5 Å². The summed E-state index contributed by atoms with van der Waals surface area (Å²) in [5, 5.41) is 22.9. The van der Waals surface area contributed by atoms with E-state index in [9.17, 15) is 19.1 Å². The Kier molecular flexibility index (Phi) is 6.72. The summed E-state index contributed by atoms with van der Waals surface area (Å²) in [6.45, 7) is 1.35. The Morgan fingerprint density at radius 1 is 1.12 bits per heavy atom. The van der Waals surface area contributed by atoms with Crippen LogP contribution >= 0.6 is 0 Å². The number of nitrogens with zero attached hydrogens (tertiary/aromatic N) is 1. The molecule has 7 nitrogen and oxygen atoms in total. The minimum Gasteiger partial charge on any atom is -0.487 e. The molecule has 1 aliphatic heterocycles. The summed E-state index contributed by atoms with van der Waals surface area (Å²) >= 11 is 0. The van der Waals surface area contributed by atoms with Crippen LogP contribution in [-0.2, 0) is 22.6 Å². The van der Waals surface area contributed by atoms with Gasteiger partial charge in [-0.3, -0.25) is 14.5 Å². The zero-order valence-electron chi connectivity index (χ0n) is 17.6. The van der Waals surface area contributed by atoms with Gasteiger partial charge in [-0.1, -0.05) is 30.3 Å². The molecule has 1 fully saturated rings. The number of nitrogens with one attached hydrogen (secondary N) is 1. The molecule has 3 N–H and O–H groups in total. The van der Waals surface area contributed by atoms with Gasteiger partial charge in [0, 0.05) is 32.0 Å². The van der Waals surface area contributed by atoms with Gasteiger partial charge in [-0.2, -0.15) is 0 Å². The van der Waals surface area contributed by atoms with Gasteiger partial charge in [-0.05, 0) is 29.7 Å². The number of amides is 1. The number of carboxylic acid groups (broad SMARTS) is 1. The number of benzene rings is 2. The molecule has 32 heavy (non-hydrogen) atoms. The summed E-state index contributed by atoms with van der Waals surface area (Å²) in [6, 6.07) is 13.1. The van der Waals surface area contributed by atoms with E-state index in [4.69, 9.17) is 9.84 Å². The molecular formula is C24H27FN2O5. The van der Waals surface area contributed by atoms with Crippen molar-refractivity contribution >= 4 is 11.9 Å². The molecule has 1 heterocycles. The lowest BCUT2D eigenvalue weighted by atomic mass is 9.97. The Bertz CT molecular complexity index is 984. The van der Waals surface area contributed by atoms with Crippen LogP contribution in [0.2, 0.25) is 0 Å². The van der Waals surface area contributed by atoms with Crippen molar-refractivity contribution in [2.75, 3.05) is 6.54 Å². The van der Waals surface area contributed by atoms with Crippen molar-refractivity contribution in [3.63, 3.8) is 0 Å². The van der Waals surface area contributed by atoms with Crippen LogP contribution in [-0.4, -0.2) is 57.8 Å². The van der Waals surface area contributed by atoms with Crippen LogP contribution in [0.5, 0.6) is 5.75 Å². The van der Waals surface area contributed by atoms with Crippen molar-refractivity contribution in [1.82, 2.24) is 10.2 Å². The van der Waals surface area contributed by atoms with Crippen molar-refractivity contribution in [1.29, 1.82) is 0 Å². The number of rotatable bonds is 7. The van der Waals surface area contributed by atoms with Crippen LogP contribution in [0.4, 0.5) is 4.39 Å². The van der Waals surface area contributed by atoms with Gasteiger partial charge in [0.15, 0.2) is 0 Å². The fourth-order valence-corrected chi connectivity index (χ4v) is 4.71. The lowest BCUT2D eigenvalue weighted by Crippen LogP contribution is -2.54. The van der Waals surface area contributed by atoms with Crippen LogP contribution in [0, 0.1) is 5.82 Å². The predicted molar refractivity (Wildman–Crippen MR) is 115 cm³/mol. The second-order valence-electron chi connectivity index (χ2n) is 8.39. The van der Waals surface area contributed by atoms with E-state index in [1.165, 1.54) is 29.3 Å². The molecule has 2 aromatic carbocycles. The Morgan fingerprint density at radius 2 is 1.91 bits per heavy atom. The van der Waals surface area contributed by atoms with Crippen molar-refractivity contribution in [2.24, 2.45) is 0 Å². The monoisotopic (exact) mass is 442 g/mol. The molecule has 1 aliphatic carbocycles. The maximum Gasteiger partial charge on any atom is 0.303 e. The van der Waals surface area contributed by atoms with Crippen molar-refractivity contribution in [3.05, 3.63) is 65.5 Å². The molecule has 0 saturated heterocycles. The topological polar surface area (TPSA) is 99.1 Å². The molecule has 4 atom stereocenters. The number of fused-ring (bicyclic) bond motifs is 1. The molecule has 0 spiro atoms. The highest BCUT2D eigenvalue weighted by atomic mass is 19.1. The number of halogens is 1. The summed E-state index contributed by atoms with van der Waals surface area (Å²) in [7, 11) is 0. The van der Waals surface area contributed by atoms with E-state index in [1.54, 1.807) is 6.07 Å². The standard InChI is InChI=1S/C24H27FN2O5/c25-17-6-3-7-18(12-17)32-20-13-19(26-21(28)8-9-22(29)30)23(24(20)31)27-11-10-15-4-1-2-5-16(15)14-27/h1-7,12,19-20,23-24,31H,8-11,13-14H2,(H,26,28)(H,29,30)/t19-,20-,23+,24+/m1/s1. The third kappa shape index (κ3) is 5.08. The fraction of sp³-hybridized carbons (Fsp3) is 0.417. The molecule has 0 radical (unpaired) electrons. The zero-order valence-corrected chi connectivity index (χ0v) is 17.6. The number of hydrogen-bond donors (Lipinski definition) is 3. The smallest absolute Gasteiger partial charge is 0.303 e. The molecule has 1 amide bonds. The first-order valence-electron chi connectivity index (χ1n) is 10.8. The molecule has 0 aromatic heterocycles. The number of aliphatic carboxylic acids is 1. The molecular weight excluding hydrogens is 415 g/mol. The first-order chi connectivity index (χ1) is 15.4. The number of aliphatic hydroxyl groups is 1. The minimum atomic E-state index is -1.04. The maximum absolute atomic E-state index is 13.6. The van der Waals surface area contributed by atoms with Gasteiger partial charge in [0.1, 0.15) is 23.8 Å². The van der Waals surface area contributed by atoms with Crippen LogP contribution in [0.3, 0.4) is 0 Å². The summed E-state index contributed by atoms with van der Waals surface area (Å²) < 4.78 is 19.5. The highest BCUT2D eigenvalue weighted by Crippen LogP contribution is 2.32. The molecule has 0 bridgehead atoms. The Labute approximate surface area is 185 Å². The van der Waals surface area contributed by atoms with Crippen LogP contribution < -0.4 is 10.1 Å². The molecule has 8 heteroatoms. The number of carbonyl (C=O) groups excluding carboxylic acids is 1. The van der Waals surface area contributed by atoms with Crippen molar-refractivity contribution < 1.29 is 28.9 Å². The number of hydrogen-bond acceptors (Lipinski definition) is 5. The summed E-state index contributed by atoms with van der Waals surface area (Å²) in [4.78, 5) is 25.3. The molecule has 170 valence electrons. The number of carboxylic acids is 1. The van der Waals surface area contributed by atoms with Gasteiger partial charge >= 0.3 is 5.97 Å². The summed E-state index contributed by atoms with van der Waals surface area (Å²) in [5.74, 6) is -1.53. The minimum absolute atomic E-state index is 0.132. The SMILES string of the molecule is O=C(O)CCC(=O)N[C@@H]1C[C@@H](Oc2cccc(F)c2)[C@H](O)[C@H]1N1CCc2ccccc2C1. The number of aliphatic hydroxyl groups excluding tert-OH is 1. The van der Waals surface area contributed by atoms with Gasteiger partial charge in [0.2, 0.25) is 5.91 Å². The van der Waals surface area contributed by atoms with Crippen LogP contribution in [0.25, 0.3) is 0 Å². The molecule has 2 aliphatic rings. The maximum atomic E-state index is 13.6. The van der Waals surface area contributed by atoms with Crippen LogP contribution in [0.1, 0.15) is 30.4 Å². The van der Waals surface area contributed by atoms with E-state index >= 15 is 0 Å². The van der Waals surface area contributed by atoms with Crippen LogP contribution in [0.15, 0.2) is 48.5 Å². The third-order valence-electron chi connectivity index (χ3n) is 6.21. The normalized spacial score (nSPS) is 25.2. The first-order valence-corrected chi connectivity index (χ1v) is 10.8. The third-order valence-corrected chi connectivity index (χ3v) is 6.21. The predicted octanol–water partition coefficient (Wildman–Crippen LogP) is 2.11. The average molecular weight is 442 g/mol. The van der Waals surface area contributed by atoms with Crippen molar-refractivity contribution in [2.45, 2.75) is 56.5 Å². The second kappa shape index (κ2) is 9.67. The molecule has 2 aromatic rings. The summed E-state index contributed by atoms with van der Waals surface area (Å²) in [6.07, 6.45) is -0.774. The lowest BCUT2D eigenvalue weighted by Gasteiger charge is -2.38. The van der Waals surface area contributed by atoms with Gasteiger partial charge in [-0.15, -0.1) is 0 Å². The van der Waals surface area contributed by atoms with E-state index < -0.39 is 36.1 Å². The summed E-state index contributed by atoms with van der Waals surface area (Å²) in [5.41, 5.74) is 2.45. The second-order valence-corrected chi connectivity index (χ2v) is 8.39. The average Bonchev–Trinajstić information content (AvgIpc) is 3.06. The van der Waals surface area contributed by atoms with Gasteiger partial charge in [-0.25, -0.2) is 4.39 Å². The molecule has 4 rings (SSSR count). The Hall–Kier alpha value is -2.97. The van der Waals surface area contributed by atoms with E-state index in [-0.39, 0.29) is 18.7 Å². The largest absolute Gasteiger partial charge is 0.487 e. The quantitative estimate of drug-likeness (QED) is 0.608. The highest BCUT2D eigenvalue weighted by Gasteiger charge is 2.47. The first kappa shape index (κ1) is 22.2. The van der Waals surface area contributed by atoms with E-state index in [1.807, 2.05) is 12.1 Å². The Balaban J connectivity index is 1.52. The Morgan fingerprint density at radius 3 is 2.66 bits per heavy atom. The molecule has 0 unspecified atom stereocenters. The number of ether oxygens (including phenoxy) is 1. The van der Waals surface area contributed by atoms with Gasteiger partial charge in [0.25, 0.3) is 0 Å². The van der Waals surface area contributed by atoms with Gasteiger partial charge < -0.3 is 20.3 Å². The highest BCUT2D eigenvalue weighted by molar-refractivity contribution is 5.80. The van der Waals surface area contributed by atoms with Crippen molar-refractivity contribution in [3.8, 4) is 5.75 Å².